The Kier molecular flexibility index (Phi) is 6.16. The molecule has 0 aliphatic carbocycles. The quantitative estimate of drug-likeness (QED) is 0.694. The van der Waals surface area contributed by atoms with Gasteiger partial charge in [-0.3, -0.25) is 9.36 Å². The minimum Gasteiger partial charge on any atom is -0.374 e. The summed E-state index contributed by atoms with van der Waals surface area (Å²) in [7, 11) is -3.77. The summed E-state index contributed by atoms with van der Waals surface area (Å²) in [4.78, 5) is 11.8. The van der Waals surface area contributed by atoms with E-state index in [9.17, 15) is 14.5 Å². The average Bonchev–Trinajstić information content (AvgIpc) is 2.55. The molecule has 2 rings (SSSR count). The number of hydrogen-bond acceptors (Lipinski definition) is 4. The fourth-order valence-electron chi connectivity index (χ4n) is 2.64. The van der Waals surface area contributed by atoms with Gasteiger partial charge in [-0.25, -0.2) is 0 Å². The molecule has 2 aromatic carbocycles. The number of hydrogen-bond donors (Lipinski definition) is 1. The molecular formula is C18H20BrO4P. The Bertz CT molecular complexity index is 745. The fourth-order valence-corrected chi connectivity index (χ4v) is 5.54. The molecule has 0 radical (unpaired) electrons. The first-order valence-corrected chi connectivity index (χ1v) is 10.0. The number of carbonyl (C=O) groups is 1. The molecule has 0 spiro atoms. The molecule has 0 saturated heterocycles. The van der Waals surface area contributed by atoms with E-state index in [2.05, 4.69) is 15.9 Å². The fraction of sp³-hybridized carbons (Fsp3) is 0.278. The van der Waals surface area contributed by atoms with Crippen molar-refractivity contribution in [1.82, 2.24) is 0 Å². The van der Waals surface area contributed by atoms with Crippen molar-refractivity contribution in [2.24, 2.45) is 0 Å². The van der Waals surface area contributed by atoms with Gasteiger partial charge >= 0.3 is 0 Å². The molecule has 2 atom stereocenters. The van der Waals surface area contributed by atoms with Crippen molar-refractivity contribution in [2.45, 2.75) is 25.6 Å². The molecule has 0 heterocycles. The van der Waals surface area contributed by atoms with Crippen molar-refractivity contribution in [1.29, 1.82) is 0 Å². The zero-order valence-electron chi connectivity index (χ0n) is 13.6. The van der Waals surface area contributed by atoms with E-state index in [4.69, 9.17) is 4.52 Å². The summed E-state index contributed by atoms with van der Waals surface area (Å²) in [5.74, 6) is -0.267. The zero-order valence-corrected chi connectivity index (χ0v) is 16.1. The van der Waals surface area contributed by atoms with Crippen LogP contribution in [-0.4, -0.2) is 17.5 Å². The maximum atomic E-state index is 13.8. The summed E-state index contributed by atoms with van der Waals surface area (Å²) in [6.07, 6.45) is -0.291. The van der Waals surface area contributed by atoms with E-state index in [0.717, 1.165) is 4.47 Å². The predicted molar refractivity (Wildman–Crippen MR) is 98.6 cm³/mol. The largest absolute Gasteiger partial charge is 0.374 e. The van der Waals surface area contributed by atoms with Crippen LogP contribution in [-0.2, 0) is 19.2 Å². The summed E-state index contributed by atoms with van der Waals surface area (Å²) in [5, 5.41) is 9.89. The number of ketones is 1. The van der Waals surface area contributed by atoms with Crippen LogP contribution in [0.1, 0.15) is 25.8 Å². The second kappa shape index (κ2) is 7.75. The van der Waals surface area contributed by atoms with E-state index in [1.165, 1.54) is 6.92 Å². The molecule has 0 bridgehead atoms. The highest BCUT2D eigenvalue weighted by atomic mass is 79.9. The Morgan fingerprint density at radius 3 is 2.25 bits per heavy atom. The first-order valence-electron chi connectivity index (χ1n) is 7.61. The standard InChI is InChI=1S/C18H20BrO4P/c1-3-23-24(22,17-7-5-4-6-8-17)18(21,13-14(2)20)15-9-11-16(19)12-10-15/h4-12,21H,3,13H2,1-2H3/t18-,24-/m1/s1. The summed E-state index contributed by atoms with van der Waals surface area (Å²) in [5.41, 5.74) is 0.390. The van der Waals surface area contributed by atoms with Gasteiger partial charge in [-0.05, 0) is 43.7 Å². The summed E-state index contributed by atoms with van der Waals surface area (Å²) in [6.45, 7) is 3.24. The molecule has 0 fully saturated rings. The van der Waals surface area contributed by atoms with Crippen molar-refractivity contribution in [2.75, 3.05) is 6.61 Å². The Balaban J connectivity index is 2.69. The van der Waals surface area contributed by atoms with Gasteiger partial charge in [0.05, 0.1) is 6.61 Å². The average molecular weight is 411 g/mol. The molecular weight excluding hydrogens is 391 g/mol. The summed E-state index contributed by atoms with van der Waals surface area (Å²) >= 11 is 3.34. The van der Waals surface area contributed by atoms with Gasteiger partial charge in [0, 0.05) is 16.2 Å². The predicted octanol–water partition coefficient (Wildman–Crippen LogP) is 4.21. The van der Waals surface area contributed by atoms with Crippen LogP contribution in [0.3, 0.4) is 0 Å². The number of benzene rings is 2. The second-order valence-corrected chi connectivity index (χ2v) is 9.04. The van der Waals surface area contributed by atoms with Gasteiger partial charge in [0.15, 0.2) is 5.34 Å². The molecule has 0 aromatic heterocycles. The minimum absolute atomic E-state index is 0.156. The minimum atomic E-state index is -3.77. The van der Waals surface area contributed by atoms with Gasteiger partial charge in [0.1, 0.15) is 5.78 Å². The van der Waals surface area contributed by atoms with Crippen LogP contribution in [0.25, 0.3) is 0 Å². The topological polar surface area (TPSA) is 63.6 Å². The number of rotatable bonds is 7. The van der Waals surface area contributed by atoms with Gasteiger partial charge in [0.25, 0.3) is 7.37 Å². The van der Waals surface area contributed by atoms with E-state index in [1.54, 1.807) is 61.5 Å². The Morgan fingerprint density at radius 2 is 1.75 bits per heavy atom. The normalized spacial score (nSPS) is 16.2. The summed E-state index contributed by atoms with van der Waals surface area (Å²) < 4.78 is 20.3. The molecule has 0 amide bonds. The molecule has 2 aromatic rings. The number of halogens is 1. The van der Waals surface area contributed by atoms with Crippen LogP contribution >= 0.6 is 23.3 Å². The number of Topliss-reactive ketones (excluding diaryl/α,β-unsaturated/α-hetero) is 1. The third kappa shape index (κ3) is 3.70. The van der Waals surface area contributed by atoms with Gasteiger partial charge in [0.2, 0.25) is 0 Å². The van der Waals surface area contributed by atoms with Crippen LogP contribution in [0.15, 0.2) is 59.1 Å². The molecule has 6 heteroatoms. The molecule has 4 nitrogen and oxygen atoms in total. The first kappa shape index (κ1) is 19.1. The van der Waals surface area contributed by atoms with Crippen LogP contribution in [0.5, 0.6) is 0 Å². The SMILES string of the molecule is CCO[P@](=O)(c1ccccc1)[C@](O)(CC(C)=O)c1ccc(Br)cc1. The van der Waals surface area contributed by atoms with E-state index < -0.39 is 12.7 Å². The van der Waals surface area contributed by atoms with Crippen molar-refractivity contribution in [3.05, 3.63) is 64.6 Å². The molecule has 0 aliphatic heterocycles. The lowest BCUT2D eigenvalue weighted by Crippen LogP contribution is -2.34. The third-order valence-electron chi connectivity index (χ3n) is 3.70. The zero-order chi connectivity index (χ0) is 17.8. The number of aliphatic hydroxyl groups is 1. The van der Waals surface area contributed by atoms with Gasteiger partial charge in [-0.1, -0.05) is 46.3 Å². The smallest absolute Gasteiger partial charge is 0.267 e. The highest BCUT2D eigenvalue weighted by Crippen LogP contribution is 2.63. The maximum Gasteiger partial charge on any atom is 0.267 e. The van der Waals surface area contributed by atoms with Gasteiger partial charge in [-0.2, -0.15) is 0 Å². The molecule has 1 N–H and O–H groups in total. The monoisotopic (exact) mass is 410 g/mol. The van der Waals surface area contributed by atoms with E-state index in [1.807, 2.05) is 0 Å². The van der Waals surface area contributed by atoms with Crippen molar-refractivity contribution < 1.29 is 19.0 Å². The summed E-state index contributed by atoms with van der Waals surface area (Å²) in [6, 6.07) is 15.4. The van der Waals surface area contributed by atoms with E-state index in [0.29, 0.717) is 10.9 Å². The third-order valence-corrected chi connectivity index (χ3v) is 7.21. The Labute approximate surface area is 150 Å². The van der Waals surface area contributed by atoms with E-state index in [-0.39, 0.29) is 18.8 Å². The second-order valence-electron chi connectivity index (χ2n) is 5.51. The molecule has 128 valence electrons. The lowest BCUT2D eigenvalue weighted by Gasteiger charge is -2.35. The number of carbonyl (C=O) groups excluding carboxylic acids is 1. The van der Waals surface area contributed by atoms with Crippen LogP contribution in [0.4, 0.5) is 0 Å². The lowest BCUT2D eigenvalue weighted by molar-refractivity contribution is -0.120. The molecule has 0 unspecified atom stereocenters. The van der Waals surface area contributed by atoms with Crippen molar-refractivity contribution >= 4 is 34.4 Å². The Hall–Kier alpha value is -1.26. The Morgan fingerprint density at radius 1 is 1.17 bits per heavy atom. The van der Waals surface area contributed by atoms with Gasteiger partial charge in [-0.15, -0.1) is 0 Å². The van der Waals surface area contributed by atoms with Crippen LogP contribution in [0, 0.1) is 0 Å². The van der Waals surface area contributed by atoms with Crippen LogP contribution in [0.2, 0.25) is 0 Å². The highest BCUT2D eigenvalue weighted by molar-refractivity contribution is 9.10. The maximum absolute atomic E-state index is 13.8. The molecule has 0 aliphatic rings. The molecule has 0 saturated carbocycles. The molecule has 24 heavy (non-hydrogen) atoms. The van der Waals surface area contributed by atoms with Crippen molar-refractivity contribution in [3.8, 4) is 0 Å². The van der Waals surface area contributed by atoms with E-state index >= 15 is 0 Å². The lowest BCUT2D eigenvalue weighted by atomic mass is 10.0. The van der Waals surface area contributed by atoms with Crippen molar-refractivity contribution in [3.63, 3.8) is 0 Å². The van der Waals surface area contributed by atoms with Gasteiger partial charge < -0.3 is 9.63 Å². The first-order chi connectivity index (χ1) is 11.3. The van der Waals surface area contributed by atoms with Crippen LogP contribution < -0.4 is 5.30 Å². The highest BCUT2D eigenvalue weighted by Gasteiger charge is 2.51.